The van der Waals surface area contributed by atoms with Gasteiger partial charge >= 0.3 is 0 Å². The van der Waals surface area contributed by atoms with E-state index in [2.05, 4.69) is 15.3 Å². The predicted molar refractivity (Wildman–Crippen MR) is 78.9 cm³/mol. The summed E-state index contributed by atoms with van der Waals surface area (Å²) in [4.78, 5) is 32.3. The molecule has 0 aliphatic heterocycles. The molecule has 0 bridgehead atoms. The van der Waals surface area contributed by atoms with Crippen LogP contribution in [0.2, 0.25) is 0 Å². The maximum atomic E-state index is 12.2. The van der Waals surface area contributed by atoms with Crippen molar-refractivity contribution in [2.45, 2.75) is 6.54 Å². The number of benzene rings is 1. The quantitative estimate of drug-likeness (QED) is 0.787. The molecule has 0 radical (unpaired) electrons. The van der Waals surface area contributed by atoms with E-state index in [4.69, 9.17) is 0 Å². The van der Waals surface area contributed by atoms with Crippen LogP contribution in [0, 0.1) is 0 Å². The molecule has 0 spiro atoms. The lowest BCUT2D eigenvalue weighted by Gasteiger charge is -2.07. The lowest BCUT2D eigenvalue weighted by atomic mass is 10.2. The molecule has 6 heteroatoms. The topological polar surface area (TPSA) is 76.9 Å². The van der Waals surface area contributed by atoms with Crippen LogP contribution < -0.4 is 10.9 Å². The normalized spacial score (nSPS) is 10.5. The van der Waals surface area contributed by atoms with Crippen molar-refractivity contribution in [3.8, 4) is 0 Å². The summed E-state index contributed by atoms with van der Waals surface area (Å²) in [6.07, 6.45) is 4.54. The minimum atomic E-state index is -0.304. The van der Waals surface area contributed by atoms with Gasteiger partial charge in [-0.2, -0.15) is 0 Å². The van der Waals surface area contributed by atoms with Gasteiger partial charge in [-0.15, -0.1) is 0 Å². The Kier molecular flexibility index (Phi) is 3.42. The Morgan fingerprint density at radius 3 is 2.86 bits per heavy atom. The largest absolute Gasteiger partial charge is 0.323 e. The summed E-state index contributed by atoms with van der Waals surface area (Å²) in [6.45, 7) is -0.0917. The Morgan fingerprint density at radius 1 is 1.19 bits per heavy atom. The summed E-state index contributed by atoms with van der Waals surface area (Å²) in [5.41, 5.74) is 0.970. The van der Waals surface area contributed by atoms with Crippen LogP contribution in [-0.2, 0) is 11.3 Å². The van der Waals surface area contributed by atoms with Crippen molar-refractivity contribution >= 4 is 22.5 Å². The first-order valence-electron chi connectivity index (χ1n) is 6.38. The van der Waals surface area contributed by atoms with E-state index in [1.54, 1.807) is 42.7 Å². The van der Waals surface area contributed by atoms with Crippen molar-refractivity contribution in [2.75, 3.05) is 5.32 Å². The second-order valence-corrected chi connectivity index (χ2v) is 4.48. The highest BCUT2D eigenvalue weighted by Gasteiger charge is 2.08. The third-order valence-corrected chi connectivity index (χ3v) is 2.99. The molecule has 1 amide bonds. The van der Waals surface area contributed by atoms with Crippen LogP contribution in [0.5, 0.6) is 0 Å². The van der Waals surface area contributed by atoms with Gasteiger partial charge in [-0.25, -0.2) is 4.98 Å². The van der Waals surface area contributed by atoms with Crippen molar-refractivity contribution in [3.63, 3.8) is 0 Å². The van der Waals surface area contributed by atoms with Crippen LogP contribution in [0.15, 0.2) is 59.9 Å². The van der Waals surface area contributed by atoms with Crippen LogP contribution in [0.1, 0.15) is 0 Å². The smallest absolute Gasteiger partial charge is 0.261 e. The van der Waals surface area contributed by atoms with Crippen LogP contribution in [0.25, 0.3) is 10.9 Å². The highest BCUT2D eigenvalue weighted by atomic mass is 16.2. The second-order valence-electron chi connectivity index (χ2n) is 4.48. The molecule has 0 aliphatic carbocycles. The molecular weight excluding hydrogens is 268 g/mol. The SMILES string of the molecule is O=C(Cn1cnc2ccccc2c1=O)Nc1cccnc1. The number of nitrogens with one attached hydrogen (secondary N) is 1. The molecule has 1 N–H and O–H groups in total. The van der Waals surface area contributed by atoms with E-state index in [-0.39, 0.29) is 18.0 Å². The standard InChI is InChI=1S/C15H12N4O2/c20-14(18-11-4-3-7-16-8-11)9-19-10-17-13-6-2-1-5-12(13)15(19)21/h1-8,10H,9H2,(H,18,20). The number of hydrogen-bond acceptors (Lipinski definition) is 4. The van der Waals surface area contributed by atoms with Gasteiger partial charge in [-0.3, -0.25) is 19.1 Å². The third-order valence-electron chi connectivity index (χ3n) is 2.99. The first-order chi connectivity index (χ1) is 10.2. The molecule has 0 atom stereocenters. The zero-order valence-electron chi connectivity index (χ0n) is 11.1. The number of nitrogens with zero attached hydrogens (tertiary/aromatic N) is 3. The van der Waals surface area contributed by atoms with Crippen molar-refractivity contribution < 1.29 is 4.79 Å². The van der Waals surface area contributed by atoms with Gasteiger partial charge in [0.25, 0.3) is 5.56 Å². The monoisotopic (exact) mass is 280 g/mol. The van der Waals surface area contributed by atoms with Crippen molar-refractivity contribution in [1.29, 1.82) is 0 Å². The van der Waals surface area contributed by atoms with Gasteiger partial charge in [0, 0.05) is 6.20 Å². The van der Waals surface area contributed by atoms with Gasteiger partial charge in [0.1, 0.15) is 6.54 Å². The highest BCUT2D eigenvalue weighted by molar-refractivity contribution is 5.90. The van der Waals surface area contributed by atoms with Crippen LogP contribution in [0.3, 0.4) is 0 Å². The minimum absolute atomic E-state index is 0.0917. The molecule has 6 nitrogen and oxygen atoms in total. The van der Waals surface area contributed by atoms with Gasteiger partial charge in [-0.05, 0) is 24.3 Å². The number of para-hydroxylation sites is 1. The van der Waals surface area contributed by atoms with Crippen molar-refractivity contribution in [3.05, 3.63) is 65.5 Å². The first kappa shape index (κ1) is 13.0. The van der Waals surface area contributed by atoms with Gasteiger partial charge in [-0.1, -0.05) is 12.1 Å². The molecule has 3 rings (SSSR count). The molecule has 21 heavy (non-hydrogen) atoms. The molecule has 1 aromatic carbocycles. The Morgan fingerprint density at radius 2 is 2.05 bits per heavy atom. The summed E-state index contributed by atoms with van der Waals surface area (Å²) < 4.78 is 1.29. The maximum Gasteiger partial charge on any atom is 0.261 e. The summed E-state index contributed by atoms with van der Waals surface area (Å²) in [6, 6.07) is 10.5. The van der Waals surface area contributed by atoms with Crippen LogP contribution in [-0.4, -0.2) is 20.4 Å². The van der Waals surface area contributed by atoms with Gasteiger partial charge in [0.2, 0.25) is 5.91 Å². The van der Waals surface area contributed by atoms with E-state index < -0.39 is 0 Å². The van der Waals surface area contributed by atoms with Crippen molar-refractivity contribution in [1.82, 2.24) is 14.5 Å². The molecule has 104 valence electrons. The molecule has 3 aromatic rings. The lowest BCUT2D eigenvalue weighted by molar-refractivity contribution is -0.116. The zero-order valence-corrected chi connectivity index (χ0v) is 11.1. The fourth-order valence-electron chi connectivity index (χ4n) is 2.01. The molecule has 2 aromatic heterocycles. The number of fused-ring (bicyclic) bond motifs is 1. The Labute approximate surface area is 120 Å². The van der Waals surface area contributed by atoms with Gasteiger partial charge in [0.05, 0.1) is 29.1 Å². The highest BCUT2D eigenvalue weighted by Crippen LogP contribution is 2.05. The minimum Gasteiger partial charge on any atom is -0.323 e. The van der Waals surface area contributed by atoms with Crippen LogP contribution in [0.4, 0.5) is 5.69 Å². The van der Waals surface area contributed by atoms with E-state index >= 15 is 0 Å². The number of pyridine rings is 1. The Balaban J connectivity index is 1.83. The summed E-state index contributed by atoms with van der Waals surface area (Å²) in [5, 5.41) is 3.17. The van der Waals surface area contributed by atoms with E-state index in [0.29, 0.717) is 16.6 Å². The molecule has 0 unspecified atom stereocenters. The Hall–Kier alpha value is -3.02. The fraction of sp³-hybridized carbons (Fsp3) is 0.0667. The second kappa shape index (κ2) is 5.54. The third kappa shape index (κ3) is 2.79. The van der Waals surface area contributed by atoms with Gasteiger partial charge in [0.15, 0.2) is 0 Å². The fourth-order valence-corrected chi connectivity index (χ4v) is 2.01. The molecule has 2 heterocycles. The zero-order chi connectivity index (χ0) is 14.7. The molecule has 0 fully saturated rings. The number of rotatable bonds is 3. The first-order valence-corrected chi connectivity index (χ1v) is 6.38. The summed E-state index contributed by atoms with van der Waals surface area (Å²) >= 11 is 0. The van der Waals surface area contributed by atoms with Crippen molar-refractivity contribution in [2.24, 2.45) is 0 Å². The lowest BCUT2D eigenvalue weighted by Crippen LogP contribution is -2.27. The molecule has 0 saturated carbocycles. The van der Waals surface area contributed by atoms with Crippen LogP contribution >= 0.6 is 0 Å². The molecule has 0 saturated heterocycles. The number of carbonyl (C=O) groups excluding carboxylic acids is 1. The number of hydrogen-bond donors (Lipinski definition) is 1. The number of amides is 1. The van der Waals surface area contributed by atoms with E-state index in [1.165, 1.54) is 10.9 Å². The Bertz CT molecular complexity index is 843. The number of carbonyl (C=O) groups is 1. The van der Waals surface area contributed by atoms with E-state index in [0.717, 1.165) is 0 Å². The summed E-state index contributed by atoms with van der Waals surface area (Å²) in [5.74, 6) is -0.304. The van der Waals surface area contributed by atoms with Gasteiger partial charge < -0.3 is 5.32 Å². The number of anilines is 1. The van der Waals surface area contributed by atoms with E-state index in [9.17, 15) is 9.59 Å². The van der Waals surface area contributed by atoms with E-state index in [1.807, 2.05) is 6.07 Å². The average Bonchev–Trinajstić information content (AvgIpc) is 2.51. The molecule has 0 aliphatic rings. The predicted octanol–water partition coefficient (Wildman–Crippen LogP) is 1.43. The maximum absolute atomic E-state index is 12.2. The average molecular weight is 280 g/mol. The molecular formula is C15H12N4O2. The number of aromatic nitrogens is 3. The summed E-state index contributed by atoms with van der Waals surface area (Å²) in [7, 11) is 0.